The number of ether oxygens (including phenoxy) is 1. The molecular formula is C10H16O3. The molecule has 0 amide bonds. The van der Waals surface area contributed by atoms with E-state index >= 15 is 0 Å². The van der Waals surface area contributed by atoms with Gasteiger partial charge in [0.15, 0.2) is 0 Å². The molecule has 1 saturated heterocycles. The Morgan fingerprint density at radius 1 is 1.46 bits per heavy atom. The van der Waals surface area contributed by atoms with Crippen molar-refractivity contribution in [2.45, 2.75) is 44.6 Å². The predicted octanol–water partition coefficient (Wildman–Crippen LogP) is 1.81. The Morgan fingerprint density at radius 3 is 2.62 bits per heavy atom. The summed E-state index contributed by atoms with van der Waals surface area (Å²) >= 11 is 0. The SMILES string of the molecule is O=C(O)CC1CCC2(CCC2)CO1. The normalized spacial score (nSPS) is 31.2. The zero-order valence-electron chi connectivity index (χ0n) is 7.79. The summed E-state index contributed by atoms with van der Waals surface area (Å²) in [5.74, 6) is -0.741. The zero-order valence-corrected chi connectivity index (χ0v) is 7.79. The lowest BCUT2D eigenvalue weighted by Gasteiger charge is -2.46. The molecule has 1 heterocycles. The topological polar surface area (TPSA) is 46.5 Å². The van der Waals surface area contributed by atoms with Crippen LogP contribution >= 0.6 is 0 Å². The minimum Gasteiger partial charge on any atom is -0.481 e. The highest BCUT2D eigenvalue weighted by atomic mass is 16.5. The Morgan fingerprint density at radius 2 is 2.23 bits per heavy atom. The Hall–Kier alpha value is -0.570. The second-order valence-electron chi connectivity index (χ2n) is 4.42. The van der Waals surface area contributed by atoms with E-state index in [2.05, 4.69) is 0 Å². The highest BCUT2D eigenvalue weighted by Gasteiger charge is 2.41. The van der Waals surface area contributed by atoms with Crippen molar-refractivity contribution in [1.29, 1.82) is 0 Å². The first-order chi connectivity index (χ1) is 6.20. The van der Waals surface area contributed by atoms with Gasteiger partial charge in [-0.05, 0) is 31.1 Å². The summed E-state index contributed by atoms with van der Waals surface area (Å²) in [6, 6.07) is 0. The molecule has 0 bridgehead atoms. The number of hydrogen-bond donors (Lipinski definition) is 1. The smallest absolute Gasteiger partial charge is 0.305 e. The summed E-state index contributed by atoms with van der Waals surface area (Å²) < 4.78 is 5.57. The molecule has 1 aliphatic carbocycles. The maximum atomic E-state index is 10.4. The first-order valence-corrected chi connectivity index (χ1v) is 5.04. The van der Waals surface area contributed by atoms with Gasteiger partial charge in [-0.2, -0.15) is 0 Å². The van der Waals surface area contributed by atoms with Crippen molar-refractivity contribution < 1.29 is 14.6 Å². The molecule has 74 valence electrons. The van der Waals surface area contributed by atoms with Crippen molar-refractivity contribution in [3.05, 3.63) is 0 Å². The third-order valence-electron chi connectivity index (χ3n) is 3.44. The van der Waals surface area contributed by atoms with E-state index in [1.165, 1.54) is 25.7 Å². The van der Waals surface area contributed by atoms with Crippen molar-refractivity contribution in [3.8, 4) is 0 Å². The average molecular weight is 184 g/mol. The van der Waals surface area contributed by atoms with E-state index in [0.717, 1.165) is 13.0 Å². The molecule has 1 spiro atoms. The number of hydrogen-bond acceptors (Lipinski definition) is 2. The van der Waals surface area contributed by atoms with Crippen LogP contribution in [-0.4, -0.2) is 23.8 Å². The van der Waals surface area contributed by atoms with E-state index < -0.39 is 5.97 Å². The van der Waals surface area contributed by atoms with E-state index in [0.29, 0.717) is 5.41 Å². The van der Waals surface area contributed by atoms with Crippen LogP contribution in [0.2, 0.25) is 0 Å². The lowest BCUT2D eigenvalue weighted by Crippen LogP contribution is -2.41. The summed E-state index contributed by atoms with van der Waals surface area (Å²) in [5.41, 5.74) is 0.453. The Balaban J connectivity index is 1.79. The molecule has 1 aliphatic heterocycles. The monoisotopic (exact) mass is 184 g/mol. The second kappa shape index (κ2) is 3.29. The third-order valence-corrected chi connectivity index (χ3v) is 3.44. The van der Waals surface area contributed by atoms with Gasteiger partial charge in [0.1, 0.15) is 0 Å². The predicted molar refractivity (Wildman–Crippen MR) is 47.5 cm³/mol. The largest absolute Gasteiger partial charge is 0.481 e. The van der Waals surface area contributed by atoms with Crippen LogP contribution in [0.3, 0.4) is 0 Å². The Bertz CT molecular complexity index is 198. The molecule has 0 aromatic carbocycles. The van der Waals surface area contributed by atoms with E-state index in [1.54, 1.807) is 0 Å². The molecule has 0 aromatic heterocycles. The quantitative estimate of drug-likeness (QED) is 0.712. The van der Waals surface area contributed by atoms with Crippen LogP contribution in [0.4, 0.5) is 0 Å². The Labute approximate surface area is 78.1 Å². The summed E-state index contributed by atoms with van der Waals surface area (Å²) in [6.07, 6.45) is 6.16. The molecule has 0 radical (unpaired) electrons. The Kier molecular flexibility index (Phi) is 2.28. The standard InChI is InChI=1S/C10H16O3/c11-9(12)6-8-2-5-10(7-13-8)3-1-4-10/h8H,1-7H2,(H,11,12). The summed E-state index contributed by atoms with van der Waals surface area (Å²) in [4.78, 5) is 10.4. The molecule has 1 N–H and O–H groups in total. The van der Waals surface area contributed by atoms with Crippen LogP contribution < -0.4 is 0 Å². The van der Waals surface area contributed by atoms with Gasteiger partial charge in [0.05, 0.1) is 19.1 Å². The van der Waals surface area contributed by atoms with Crippen LogP contribution in [0.1, 0.15) is 38.5 Å². The molecule has 1 unspecified atom stereocenters. The van der Waals surface area contributed by atoms with Crippen molar-refractivity contribution in [2.24, 2.45) is 5.41 Å². The minimum absolute atomic E-state index is 0.0243. The number of carboxylic acid groups (broad SMARTS) is 1. The van der Waals surface area contributed by atoms with Gasteiger partial charge in [0.2, 0.25) is 0 Å². The molecule has 3 nitrogen and oxygen atoms in total. The van der Waals surface area contributed by atoms with Crippen LogP contribution in [0, 0.1) is 5.41 Å². The molecule has 0 aromatic rings. The average Bonchev–Trinajstić information content (AvgIpc) is 2.02. The van der Waals surface area contributed by atoms with Crippen LogP contribution in [0.25, 0.3) is 0 Å². The van der Waals surface area contributed by atoms with Gasteiger partial charge in [-0.1, -0.05) is 6.42 Å². The summed E-state index contributed by atoms with van der Waals surface area (Å²) in [5, 5.41) is 8.59. The van der Waals surface area contributed by atoms with Crippen LogP contribution in [0.15, 0.2) is 0 Å². The van der Waals surface area contributed by atoms with Gasteiger partial charge in [-0.3, -0.25) is 4.79 Å². The van der Waals surface area contributed by atoms with Gasteiger partial charge in [0, 0.05) is 0 Å². The third kappa shape index (κ3) is 1.85. The lowest BCUT2D eigenvalue weighted by atomic mass is 9.65. The number of carbonyl (C=O) groups is 1. The summed E-state index contributed by atoms with van der Waals surface area (Å²) in [6.45, 7) is 0.797. The van der Waals surface area contributed by atoms with Crippen molar-refractivity contribution in [2.75, 3.05) is 6.61 Å². The zero-order chi connectivity index (χ0) is 9.31. The minimum atomic E-state index is -0.741. The van der Waals surface area contributed by atoms with E-state index in [1.807, 2.05) is 0 Å². The van der Waals surface area contributed by atoms with Gasteiger partial charge < -0.3 is 9.84 Å². The maximum absolute atomic E-state index is 10.4. The molecule has 13 heavy (non-hydrogen) atoms. The number of rotatable bonds is 2. The van der Waals surface area contributed by atoms with E-state index in [-0.39, 0.29) is 12.5 Å². The maximum Gasteiger partial charge on any atom is 0.305 e. The fourth-order valence-corrected chi connectivity index (χ4v) is 2.34. The highest BCUT2D eigenvalue weighted by molar-refractivity contribution is 5.67. The molecule has 2 fully saturated rings. The van der Waals surface area contributed by atoms with E-state index in [4.69, 9.17) is 9.84 Å². The van der Waals surface area contributed by atoms with Crippen molar-refractivity contribution >= 4 is 5.97 Å². The first-order valence-electron chi connectivity index (χ1n) is 5.04. The fourth-order valence-electron chi connectivity index (χ4n) is 2.34. The van der Waals surface area contributed by atoms with E-state index in [9.17, 15) is 4.79 Å². The van der Waals surface area contributed by atoms with Crippen LogP contribution in [0.5, 0.6) is 0 Å². The van der Waals surface area contributed by atoms with Crippen molar-refractivity contribution in [1.82, 2.24) is 0 Å². The van der Waals surface area contributed by atoms with Gasteiger partial charge in [-0.25, -0.2) is 0 Å². The molecular weight excluding hydrogens is 168 g/mol. The first kappa shape index (κ1) is 9.00. The van der Waals surface area contributed by atoms with Crippen LogP contribution in [-0.2, 0) is 9.53 Å². The molecule has 1 atom stereocenters. The molecule has 2 rings (SSSR count). The fraction of sp³-hybridized carbons (Fsp3) is 0.900. The molecule has 2 aliphatic rings. The van der Waals surface area contributed by atoms with Gasteiger partial charge >= 0.3 is 5.97 Å². The van der Waals surface area contributed by atoms with Crippen molar-refractivity contribution in [3.63, 3.8) is 0 Å². The number of carboxylic acids is 1. The summed E-state index contributed by atoms with van der Waals surface area (Å²) in [7, 11) is 0. The van der Waals surface area contributed by atoms with Gasteiger partial charge in [-0.15, -0.1) is 0 Å². The highest BCUT2D eigenvalue weighted by Crippen LogP contribution is 2.48. The molecule has 1 saturated carbocycles. The van der Waals surface area contributed by atoms with Gasteiger partial charge in [0.25, 0.3) is 0 Å². The molecule has 3 heteroatoms. The number of aliphatic carboxylic acids is 1. The lowest BCUT2D eigenvalue weighted by molar-refractivity contribution is -0.146. The second-order valence-corrected chi connectivity index (χ2v) is 4.42.